The highest BCUT2D eigenvalue weighted by atomic mass is 16.5. The molecule has 0 unspecified atom stereocenters. The van der Waals surface area contributed by atoms with E-state index in [4.69, 9.17) is 9.47 Å². The van der Waals surface area contributed by atoms with Crippen LogP contribution >= 0.6 is 0 Å². The molecule has 2 saturated heterocycles. The van der Waals surface area contributed by atoms with Gasteiger partial charge >= 0.3 is 0 Å². The van der Waals surface area contributed by atoms with Gasteiger partial charge < -0.3 is 24.4 Å². The van der Waals surface area contributed by atoms with E-state index in [1.807, 2.05) is 6.92 Å². The van der Waals surface area contributed by atoms with Crippen LogP contribution in [0.1, 0.15) is 26.2 Å². The van der Waals surface area contributed by atoms with Gasteiger partial charge in [0, 0.05) is 50.7 Å². The number of aliphatic hydroxyl groups is 1. The van der Waals surface area contributed by atoms with Gasteiger partial charge in [-0.25, -0.2) is 9.97 Å². The smallest absolute Gasteiger partial charge is 0.134 e. The highest BCUT2D eigenvalue weighted by Gasteiger charge is 2.56. The van der Waals surface area contributed by atoms with E-state index in [0.717, 1.165) is 76.9 Å². The minimum atomic E-state index is -0.222. The lowest BCUT2D eigenvalue weighted by atomic mass is 9.58. The molecule has 1 aliphatic carbocycles. The standard InChI is InChI=1S/C18H28N4O3/c1-2-25-15-11-14(23)18(15)3-5-21(6-4-18)16-12-17(20-13-19-16)22-7-9-24-10-8-22/h12-15,23H,2-11H2,1H3/t14-,15-/m1/s1. The molecule has 0 bridgehead atoms. The molecule has 1 aromatic heterocycles. The fraction of sp³-hybridized carbons (Fsp3) is 0.778. The Kier molecular flexibility index (Phi) is 4.80. The zero-order valence-corrected chi connectivity index (χ0v) is 14.9. The predicted octanol–water partition coefficient (Wildman–Crippen LogP) is 1.07. The fourth-order valence-electron chi connectivity index (χ4n) is 4.44. The topological polar surface area (TPSA) is 71.0 Å². The molecular weight excluding hydrogens is 320 g/mol. The van der Waals surface area contributed by atoms with Crippen LogP contribution in [0.3, 0.4) is 0 Å². The molecule has 7 heteroatoms. The van der Waals surface area contributed by atoms with Crippen molar-refractivity contribution < 1.29 is 14.6 Å². The van der Waals surface area contributed by atoms with Crippen LogP contribution in [0.5, 0.6) is 0 Å². The monoisotopic (exact) mass is 348 g/mol. The van der Waals surface area contributed by atoms with Crippen LogP contribution in [-0.2, 0) is 9.47 Å². The normalized spacial score (nSPS) is 28.9. The van der Waals surface area contributed by atoms with Crippen LogP contribution in [0.25, 0.3) is 0 Å². The van der Waals surface area contributed by atoms with E-state index in [1.54, 1.807) is 6.33 Å². The fourth-order valence-corrected chi connectivity index (χ4v) is 4.44. The van der Waals surface area contributed by atoms with Crippen LogP contribution in [0.15, 0.2) is 12.4 Å². The number of aliphatic hydroxyl groups excluding tert-OH is 1. The lowest BCUT2D eigenvalue weighted by Crippen LogP contribution is -2.62. The first-order valence-corrected chi connectivity index (χ1v) is 9.42. The van der Waals surface area contributed by atoms with E-state index in [1.165, 1.54) is 0 Å². The third kappa shape index (κ3) is 3.09. The van der Waals surface area contributed by atoms with Gasteiger partial charge in [0.25, 0.3) is 0 Å². The maximum atomic E-state index is 10.3. The number of nitrogens with zero attached hydrogens (tertiary/aromatic N) is 4. The first-order chi connectivity index (χ1) is 12.2. The van der Waals surface area contributed by atoms with E-state index in [9.17, 15) is 5.11 Å². The molecule has 3 heterocycles. The van der Waals surface area contributed by atoms with E-state index in [-0.39, 0.29) is 17.6 Å². The molecule has 0 amide bonds. The van der Waals surface area contributed by atoms with Crippen molar-refractivity contribution in [2.45, 2.75) is 38.4 Å². The van der Waals surface area contributed by atoms with Crippen LogP contribution in [0.4, 0.5) is 11.6 Å². The zero-order valence-electron chi connectivity index (χ0n) is 14.9. The quantitative estimate of drug-likeness (QED) is 0.873. The van der Waals surface area contributed by atoms with Gasteiger partial charge in [-0.1, -0.05) is 0 Å². The van der Waals surface area contributed by atoms with Crippen LogP contribution in [-0.4, -0.2) is 73.3 Å². The molecule has 7 nitrogen and oxygen atoms in total. The molecule has 3 aliphatic rings. The summed E-state index contributed by atoms with van der Waals surface area (Å²) >= 11 is 0. The zero-order chi connectivity index (χ0) is 17.3. The molecule has 138 valence electrons. The Balaban J connectivity index is 1.42. The van der Waals surface area contributed by atoms with Crippen molar-refractivity contribution in [1.82, 2.24) is 9.97 Å². The molecule has 1 N–H and O–H groups in total. The highest BCUT2D eigenvalue weighted by Crippen LogP contribution is 2.51. The summed E-state index contributed by atoms with van der Waals surface area (Å²) < 4.78 is 11.3. The largest absolute Gasteiger partial charge is 0.392 e. The average molecular weight is 348 g/mol. The molecule has 1 aromatic rings. The summed E-state index contributed by atoms with van der Waals surface area (Å²) in [6.45, 7) is 7.81. The summed E-state index contributed by atoms with van der Waals surface area (Å²) in [4.78, 5) is 13.5. The molecule has 4 rings (SSSR count). The third-order valence-electron chi connectivity index (χ3n) is 6.10. The van der Waals surface area contributed by atoms with E-state index < -0.39 is 0 Å². The number of hydrogen-bond donors (Lipinski definition) is 1. The third-order valence-corrected chi connectivity index (χ3v) is 6.10. The molecular formula is C18H28N4O3. The Hall–Kier alpha value is -1.44. The van der Waals surface area contributed by atoms with Crippen molar-refractivity contribution in [3.63, 3.8) is 0 Å². The van der Waals surface area contributed by atoms with Gasteiger partial charge in [-0.2, -0.15) is 0 Å². The summed E-state index contributed by atoms with van der Waals surface area (Å²) in [5.74, 6) is 1.96. The van der Waals surface area contributed by atoms with Gasteiger partial charge in [0.1, 0.15) is 18.0 Å². The lowest BCUT2D eigenvalue weighted by Gasteiger charge is -2.56. The van der Waals surface area contributed by atoms with Crippen LogP contribution in [0, 0.1) is 5.41 Å². The molecule has 1 saturated carbocycles. The Bertz CT molecular complexity index is 583. The first-order valence-electron chi connectivity index (χ1n) is 9.42. The Morgan fingerprint density at radius 1 is 1.16 bits per heavy atom. The molecule has 2 atom stereocenters. The second kappa shape index (κ2) is 7.05. The maximum absolute atomic E-state index is 10.3. The van der Waals surface area contributed by atoms with Crippen molar-refractivity contribution in [3.05, 3.63) is 12.4 Å². The summed E-state index contributed by atoms with van der Waals surface area (Å²) in [7, 11) is 0. The summed E-state index contributed by atoms with van der Waals surface area (Å²) in [5, 5.41) is 10.3. The molecule has 2 aliphatic heterocycles. The van der Waals surface area contributed by atoms with Gasteiger partial charge in [0.15, 0.2) is 0 Å². The number of aromatic nitrogens is 2. The molecule has 3 fully saturated rings. The SMILES string of the molecule is CCO[C@@H]1C[C@@H](O)C12CCN(c1cc(N3CCOCC3)ncn1)CC2. The Morgan fingerprint density at radius 2 is 1.80 bits per heavy atom. The summed E-state index contributed by atoms with van der Waals surface area (Å²) in [6, 6.07) is 2.08. The van der Waals surface area contributed by atoms with Gasteiger partial charge in [-0.05, 0) is 19.8 Å². The minimum Gasteiger partial charge on any atom is -0.392 e. The van der Waals surface area contributed by atoms with Crippen molar-refractivity contribution in [3.8, 4) is 0 Å². The second-order valence-corrected chi connectivity index (χ2v) is 7.25. The van der Waals surface area contributed by atoms with Crippen molar-refractivity contribution in [2.24, 2.45) is 5.41 Å². The number of ether oxygens (including phenoxy) is 2. The van der Waals surface area contributed by atoms with Gasteiger partial charge in [0.05, 0.1) is 25.4 Å². The van der Waals surface area contributed by atoms with Gasteiger partial charge in [-0.3, -0.25) is 0 Å². The van der Waals surface area contributed by atoms with Crippen LogP contribution < -0.4 is 9.80 Å². The number of piperidine rings is 1. The van der Waals surface area contributed by atoms with E-state index in [2.05, 4.69) is 25.8 Å². The van der Waals surface area contributed by atoms with E-state index >= 15 is 0 Å². The average Bonchev–Trinajstić information content (AvgIpc) is 2.69. The van der Waals surface area contributed by atoms with Crippen molar-refractivity contribution in [1.29, 1.82) is 0 Å². The lowest BCUT2D eigenvalue weighted by molar-refractivity contribution is -0.199. The van der Waals surface area contributed by atoms with Gasteiger partial charge in [0.2, 0.25) is 0 Å². The van der Waals surface area contributed by atoms with Crippen molar-refractivity contribution in [2.75, 3.05) is 55.8 Å². The number of hydrogen-bond acceptors (Lipinski definition) is 7. The van der Waals surface area contributed by atoms with Crippen LogP contribution in [0.2, 0.25) is 0 Å². The second-order valence-electron chi connectivity index (χ2n) is 7.25. The van der Waals surface area contributed by atoms with Gasteiger partial charge in [-0.15, -0.1) is 0 Å². The number of anilines is 2. The Labute approximate surface area is 149 Å². The predicted molar refractivity (Wildman–Crippen MR) is 95.0 cm³/mol. The molecule has 0 radical (unpaired) electrons. The number of rotatable bonds is 4. The first kappa shape index (κ1) is 17.0. The highest BCUT2D eigenvalue weighted by molar-refractivity contribution is 5.50. The maximum Gasteiger partial charge on any atom is 0.134 e. The number of morpholine rings is 1. The minimum absolute atomic E-state index is 0.0490. The summed E-state index contributed by atoms with van der Waals surface area (Å²) in [6.07, 6.45) is 4.34. The van der Waals surface area contributed by atoms with Crippen molar-refractivity contribution >= 4 is 11.6 Å². The molecule has 0 aromatic carbocycles. The van der Waals surface area contributed by atoms with E-state index in [0.29, 0.717) is 0 Å². The molecule has 25 heavy (non-hydrogen) atoms. The molecule has 1 spiro atoms. The summed E-state index contributed by atoms with van der Waals surface area (Å²) in [5.41, 5.74) is -0.0490. The Morgan fingerprint density at radius 3 is 2.40 bits per heavy atom.